The number of hydrogen-bond donors (Lipinski definition) is 0. The van der Waals surface area contributed by atoms with Crippen LogP contribution in [-0.4, -0.2) is 42.1 Å². The van der Waals surface area contributed by atoms with Gasteiger partial charge in [0.15, 0.2) is 6.10 Å². The number of hydrogen-bond acceptors (Lipinski definition) is 5. The fourth-order valence-corrected chi connectivity index (χ4v) is 3.67. The molecule has 0 aliphatic carbocycles. The summed E-state index contributed by atoms with van der Waals surface area (Å²) in [7, 11) is 0. The van der Waals surface area contributed by atoms with Crippen molar-refractivity contribution in [3.8, 4) is 22.9 Å². The highest BCUT2D eigenvalue weighted by atomic mass is 19.4. The van der Waals surface area contributed by atoms with Crippen LogP contribution in [0.2, 0.25) is 0 Å². The van der Waals surface area contributed by atoms with Gasteiger partial charge < -0.3 is 14.2 Å². The highest BCUT2D eigenvalue weighted by Gasteiger charge is 2.41. The van der Waals surface area contributed by atoms with E-state index in [0.29, 0.717) is 24.8 Å². The monoisotopic (exact) mass is 510 g/mol. The van der Waals surface area contributed by atoms with E-state index in [2.05, 4.69) is 16.9 Å². The van der Waals surface area contributed by atoms with Crippen molar-refractivity contribution in [2.24, 2.45) is 0 Å². The summed E-state index contributed by atoms with van der Waals surface area (Å²) in [5.74, 6) is 0.346. The van der Waals surface area contributed by atoms with Gasteiger partial charge in [-0.05, 0) is 30.5 Å². The van der Waals surface area contributed by atoms with E-state index in [4.69, 9.17) is 14.2 Å². The van der Waals surface area contributed by atoms with E-state index in [1.54, 1.807) is 36.7 Å². The Hall–Kier alpha value is -2.35. The number of nitrogens with zero attached hydrogens (tertiary/aromatic N) is 2. The van der Waals surface area contributed by atoms with Crippen LogP contribution in [0.15, 0.2) is 36.7 Å². The molecule has 0 saturated carbocycles. The van der Waals surface area contributed by atoms with Crippen LogP contribution in [0.5, 0.6) is 11.8 Å². The van der Waals surface area contributed by atoms with Gasteiger partial charge in [0.25, 0.3) is 0 Å². The van der Waals surface area contributed by atoms with Crippen LogP contribution in [0.25, 0.3) is 11.1 Å². The molecule has 0 bridgehead atoms. The molecule has 0 radical (unpaired) electrons. The Morgan fingerprint density at radius 2 is 1.25 bits per heavy atom. The summed E-state index contributed by atoms with van der Waals surface area (Å²) >= 11 is 0. The zero-order valence-corrected chi connectivity index (χ0v) is 21.7. The van der Waals surface area contributed by atoms with E-state index < -0.39 is 18.9 Å². The number of alkyl halides is 3. The normalized spacial score (nSPS) is 12.5. The first-order chi connectivity index (χ1) is 17.4. The van der Waals surface area contributed by atoms with Gasteiger partial charge in [-0.3, -0.25) is 0 Å². The minimum atomic E-state index is -4.47. The average molecular weight is 511 g/mol. The first-order valence-corrected chi connectivity index (χ1v) is 13.3. The predicted octanol–water partition coefficient (Wildman–Crippen LogP) is 8.18. The van der Waals surface area contributed by atoms with Crippen molar-refractivity contribution in [3.63, 3.8) is 0 Å². The molecule has 0 saturated heterocycles. The van der Waals surface area contributed by atoms with Crippen LogP contribution in [0.4, 0.5) is 13.2 Å². The van der Waals surface area contributed by atoms with Crippen molar-refractivity contribution in [2.45, 2.75) is 96.8 Å². The van der Waals surface area contributed by atoms with Gasteiger partial charge in [0.2, 0.25) is 0 Å². The first-order valence-electron chi connectivity index (χ1n) is 13.3. The molecule has 1 unspecified atom stereocenters. The summed E-state index contributed by atoms with van der Waals surface area (Å²) in [5.41, 5.74) is 1.62. The Morgan fingerprint density at radius 3 is 1.86 bits per heavy atom. The number of ether oxygens (including phenoxy) is 3. The molecule has 202 valence electrons. The first kappa shape index (κ1) is 29.9. The Balaban J connectivity index is 1.75. The lowest BCUT2D eigenvalue weighted by molar-refractivity contribution is -0.227. The van der Waals surface area contributed by atoms with Gasteiger partial charge in [-0.2, -0.15) is 13.2 Å². The molecule has 8 heteroatoms. The van der Waals surface area contributed by atoms with Crippen molar-refractivity contribution in [3.05, 3.63) is 36.7 Å². The topological polar surface area (TPSA) is 53.5 Å². The third-order valence-corrected chi connectivity index (χ3v) is 5.88. The number of aromatic nitrogens is 2. The maximum atomic E-state index is 13.3. The molecule has 1 aromatic heterocycles. The standard InChI is InChI=1S/C28H41F3N2O3/c1-3-5-7-9-10-11-13-19-35-27-32-20-24(21-33-27)23-14-16-25(17-15-23)36-22-26(28(29,30)31)34-18-12-8-6-4-2/h14-17,20-21,26H,3-13,18-19,22H2,1-2H3. The highest BCUT2D eigenvalue weighted by Crippen LogP contribution is 2.26. The van der Waals surface area contributed by atoms with Gasteiger partial charge in [-0.15, -0.1) is 0 Å². The molecule has 2 aromatic rings. The molecule has 0 spiro atoms. The van der Waals surface area contributed by atoms with Crippen molar-refractivity contribution < 1.29 is 27.4 Å². The van der Waals surface area contributed by atoms with E-state index in [1.165, 1.54) is 32.1 Å². The Kier molecular flexibility index (Phi) is 14.2. The zero-order valence-electron chi connectivity index (χ0n) is 21.7. The zero-order chi connectivity index (χ0) is 26.1. The Bertz CT molecular complexity index is 814. The van der Waals surface area contributed by atoms with Crippen LogP contribution >= 0.6 is 0 Å². The Morgan fingerprint density at radius 1 is 0.694 bits per heavy atom. The number of benzene rings is 1. The number of rotatable bonds is 19. The van der Waals surface area contributed by atoms with Crippen molar-refractivity contribution in [1.82, 2.24) is 9.97 Å². The van der Waals surface area contributed by atoms with Crippen LogP contribution in [0.1, 0.15) is 84.5 Å². The third-order valence-electron chi connectivity index (χ3n) is 5.88. The molecular formula is C28H41F3N2O3. The van der Waals surface area contributed by atoms with Crippen molar-refractivity contribution in [2.75, 3.05) is 19.8 Å². The summed E-state index contributed by atoms with van der Waals surface area (Å²) in [4.78, 5) is 8.53. The maximum absolute atomic E-state index is 13.3. The lowest BCUT2D eigenvalue weighted by Crippen LogP contribution is -2.37. The molecule has 0 N–H and O–H groups in total. The van der Waals surface area contributed by atoms with E-state index in [0.717, 1.165) is 43.2 Å². The molecule has 0 amide bonds. The maximum Gasteiger partial charge on any atom is 0.417 e. The lowest BCUT2D eigenvalue weighted by atomic mass is 10.1. The largest absolute Gasteiger partial charge is 0.491 e. The van der Waals surface area contributed by atoms with Crippen LogP contribution in [0, 0.1) is 0 Å². The van der Waals surface area contributed by atoms with E-state index in [9.17, 15) is 13.2 Å². The van der Waals surface area contributed by atoms with E-state index in [-0.39, 0.29) is 6.61 Å². The summed E-state index contributed by atoms with van der Waals surface area (Å²) in [6.45, 7) is 4.36. The second-order valence-corrected chi connectivity index (χ2v) is 9.02. The Labute approximate surface area is 213 Å². The average Bonchev–Trinajstić information content (AvgIpc) is 2.87. The minimum absolute atomic E-state index is 0.0746. The van der Waals surface area contributed by atoms with Gasteiger partial charge in [-0.25, -0.2) is 9.97 Å². The smallest absolute Gasteiger partial charge is 0.417 e. The fourth-order valence-electron chi connectivity index (χ4n) is 3.67. The molecular weight excluding hydrogens is 469 g/mol. The van der Waals surface area contributed by atoms with E-state index >= 15 is 0 Å². The molecule has 36 heavy (non-hydrogen) atoms. The van der Waals surface area contributed by atoms with Gasteiger partial charge in [-0.1, -0.05) is 83.8 Å². The summed E-state index contributed by atoms with van der Waals surface area (Å²) < 4.78 is 55.8. The van der Waals surface area contributed by atoms with Crippen LogP contribution in [-0.2, 0) is 4.74 Å². The second kappa shape index (κ2) is 17.2. The van der Waals surface area contributed by atoms with Crippen LogP contribution in [0.3, 0.4) is 0 Å². The fraction of sp³-hybridized carbons (Fsp3) is 0.643. The molecule has 1 aromatic carbocycles. The lowest BCUT2D eigenvalue weighted by Gasteiger charge is -2.21. The molecule has 5 nitrogen and oxygen atoms in total. The molecule has 1 atom stereocenters. The highest BCUT2D eigenvalue weighted by molar-refractivity contribution is 5.62. The summed E-state index contributed by atoms with van der Waals surface area (Å²) in [6, 6.07) is 7.14. The molecule has 0 aliphatic rings. The SMILES string of the molecule is CCCCCCCCCOc1ncc(-c2ccc(OCC(OCCCCCC)C(F)(F)F)cc2)cn1. The minimum Gasteiger partial charge on any atom is -0.491 e. The molecule has 2 rings (SSSR count). The second-order valence-electron chi connectivity index (χ2n) is 9.02. The number of halogens is 3. The third kappa shape index (κ3) is 12.1. The molecule has 0 fully saturated rings. The summed E-state index contributed by atoms with van der Waals surface area (Å²) in [5, 5.41) is 0. The van der Waals surface area contributed by atoms with Gasteiger partial charge in [0.05, 0.1) is 6.61 Å². The van der Waals surface area contributed by atoms with Crippen LogP contribution < -0.4 is 9.47 Å². The van der Waals surface area contributed by atoms with Crippen molar-refractivity contribution >= 4 is 0 Å². The molecule has 1 heterocycles. The van der Waals surface area contributed by atoms with E-state index in [1.807, 2.05) is 6.92 Å². The summed E-state index contributed by atoms with van der Waals surface area (Å²) in [6.07, 6.45) is 8.91. The van der Waals surface area contributed by atoms with Gasteiger partial charge in [0, 0.05) is 24.6 Å². The quantitative estimate of drug-likeness (QED) is 0.178. The number of unbranched alkanes of at least 4 members (excludes halogenated alkanes) is 9. The van der Waals surface area contributed by atoms with Crippen molar-refractivity contribution in [1.29, 1.82) is 0 Å². The predicted molar refractivity (Wildman–Crippen MR) is 136 cm³/mol. The van der Waals surface area contributed by atoms with Gasteiger partial charge >= 0.3 is 12.2 Å². The molecule has 0 aliphatic heterocycles. The van der Waals surface area contributed by atoms with Gasteiger partial charge in [0.1, 0.15) is 12.4 Å².